The van der Waals surface area contributed by atoms with E-state index >= 15 is 0 Å². The van der Waals surface area contributed by atoms with E-state index in [2.05, 4.69) is 22.0 Å². The Balaban J connectivity index is 2.47. The van der Waals surface area contributed by atoms with Gasteiger partial charge in [-0.2, -0.15) is 0 Å². The molecule has 18 heavy (non-hydrogen) atoms. The molecule has 1 rings (SSSR count). The highest BCUT2D eigenvalue weighted by Crippen LogP contribution is 2.26. The lowest BCUT2D eigenvalue weighted by Gasteiger charge is -2.12. The lowest BCUT2D eigenvalue weighted by atomic mass is 10.1. The Morgan fingerprint density at radius 3 is 2.50 bits per heavy atom. The van der Waals surface area contributed by atoms with Crippen LogP contribution in [0.4, 0.5) is 0 Å². The fraction of sp³-hybridized carbons (Fsp3) is 0.571. The number of benzene rings is 1. The Morgan fingerprint density at radius 1 is 1.22 bits per heavy atom. The van der Waals surface area contributed by atoms with Crippen LogP contribution in [0.3, 0.4) is 0 Å². The quantitative estimate of drug-likeness (QED) is 0.786. The highest BCUT2D eigenvalue weighted by atomic mass is 79.9. The van der Waals surface area contributed by atoms with E-state index in [1.54, 1.807) is 0 Å². The van der Waals surface area contributed by atoms with Crippen LogP contribution in [-0.4, -0.2) is 25.4 Å². The van der Waals surface area contributed by atoms with E-state index in [9.17, 15) is 0 Å². The molecule has 3 nitrogen and oxygen atoms in total. The van der Waals surface area contributed by atoms with Crippen LogP contribution in [-0.2, 0) is 11.2 Å². The maximum atomic E-state index is 5.78. The standard InChI is InChI=1S/C14H22BrNO2/c1-10(2)17-6-7-18-14-5-4-12(8-11(3)16)9-13(14)15/h4-5,9-11H,6-8,16H2,1-3H3. The normalized spacial score (nSPS) is 12.8. The number of rotatable bonds is 7. The van der Waals surface area contributed by atoms with E-state index in [0.29, 0.717) is 13.2 Å². The third kappa shape index (κ3) is 5.85. The smallest absolute Gasteiger partial charge is 0.133 e. The van der Waals surface area contributed by atoms with Crippen LogP contribution >= 0.6 is 15.9 Å². The largest absolute Gasteiger partial charge is 0.490 e. The molecule has 0 heterocycles. The van der Waals surface area contributed by atoms with Crippen molar-refractivity contribution in [1.29, 1.82) is 0 Å². The molecule has 0 aliphatic rings. The average Bonchev–Trinajstić information content (AvgIpc) is 2.25. The van der Waals surface area contributed by atoms with Gasteiger partial charge in [-0.25, -0.2) is 0 Å². The van der Waals surface area contributed by atoms with Crippen LogP contribution < -0.4 is 10.5 Å². The average molecular weight is 316 g/mol. The van der Waals surface area contributed by atoms with Crippen molar-refractivity contribution >= 4 is 15.9 Å². The lowest BCUT2D eigenvalue weighted by molar-refractivity contribution is 0.0551. The summed E-state index contributed by atoms with van der Waals surface area (Å²) >= 11 is 3.51. The van der Waals surface area contributed by atoms with Gasteiger partial charge in [0.2, 0.25) is 0 Å². The topological polar surface area (TPSA) is 44.5 Å². The first-order valence-corrected chi connectivity index (χ1v) is 7.06. The number of nitrogens with two attached hydrogens (primary N) is 1. The maximum Gasteiger partial charge on any atom is 0.133 e. The summed E-state index contributed by atoms with van der Waals surface area (Å²) in [5.41, 5.74) is 6.99. The first-order valence-electron chi connectivity index (χ1n) is 6.27. The van der Waals surface area contributed by atoms with E-state index in [1.165, 1.54) is 5.56 Å². The van der Waals surface area contributed by atoms with Gasteiger partial charge in [-0.1, -0.05) is 6.07 Å². The third-order valence-electron chi connectivity index (χ3n) is 2.35. The van der Waals surface area contributed by atoms with Crippen LogP contribution in [0, 0.1) is 0 Å². The Kier molecular flexibility index (Phi) is 6.68. The first kappa shape index (κ1) is 15.5. The van der Waals surface area contributed by atoms with Crippen LogP contribution in [0.1, 0.15) is 26.3 Å². The van der Waals surface area contributed by atoms with Crippen molar-refractivity contribution in [3.63, 3.8) is 0 Å². The molecule has 0 radical (unpaired) electrons. The Morgan fingerprint density at radius 2 is 1.94 bits per heavy atom. The summed E-state index contributed by atoms with van der Waals surface area (Å²) in [7, 11) is 0. The molecule has 0 aromatic heterocycles. The molecule has 0 aliphatic carbocycles. The minimum Gasteiger partial charge on any atom is -0.490 e. The maximum absolute atomic E-state index is 5.78. The van der Waals surface area contributed by atoms with Crippen molar-refractivity contribution < 1.29 is 9.47 Å². The van der Waals surface area contributed by atoms with Crippen molar-refractivity contribution in [1.82, 2.24) is 0 Å². The molecular weight excluding hydrogens is 294 g/mol. The summed E-state index contributed by atoms with van der Waals surface area (Å²) in [6.45, 7) is 7.19. The van der Waals surface area contributed by atoms with Crippen molar-refractivity contribution in [2.45, 2.75) is 39.3 Å². The predicted octanol–water partition coefficient (Wildman–Crippen LogP) is 3.14. The van der Waals surface area contributed by atoms with E-state index < -0.39 is 0 Å². The predicted molar refractivity (Wildman–Crippen MR) is 78.1 cm³/mol. The number of hydrogen-bond acceptors (Lipinski definition) is 3. The van der Waals surface area contributed by atoms with Gasteiger partial charge in [0.15, 0.2) is 0 Å². The van der Waals surface area contributed by atoms with Gasteiger partial charge in [0.25, 0.3) is 0 Å². The van der Waals surface area contributed by atoms with Crippen LogP contribution in [0.25, 0.3) is 0 Å². The zero-order valence-electron chi connectivity index (χ0n) is 11.3. The van der Waals surface area contributed by atoms with Gasteiger partial charge < -0.3 is 15.2 Å². The van der Waals surface area contributed by atoms with Crippen LogP contribution in [0.5, 0.6) is 5.75 Å². The molecule has 1 aromatic rings. The van der Waals surface area contributed by atoms with Crippen molar-refractivity contribution in [3.8, 4) is 5.75 Å². The van der Waals surface area contributed by atoms with E-state index in [0.717, 1.165) is 16.6 Å². The van der Waals surface area contributed by atoms with Crippen molar-refractivity contribution in [3.05, 3.63) is 28.2 Å². The number of ether oxygens (including phenoxy) is 2. The molecule has 4 heteroatoms. The summed E-state index contributed by atoms with van der Waals surface area (Å²) < 4.78 is 12.0. The monoisotopic (exact) mass is 315 g/mol. The summed E-state index contributed by atoms with van der Waals surface area (Å²) in [5.74, 6) is 0.843. The molecule has 1 unspecified atom stereocenters. The van der Waals surface area contributed by atoms with Gasteiger partial charge >= 0.3 is 0 Å². The van der Waals surface area contributed by atoms with Gasteiger partial charge in [0, 0.05) is 6.04 Å². The van der Waals surface area contributed by atoms with Crippen molar-refractivity contribution in [2.75, 3.05) is 13.2 Å². The fourth-order valence-corrected chi connectivity index (χ4v) is 2.14. The summed E-state index contributed by atoms with van der Waals surface area (Å²) in [6, 6.07) is 6.24. The Bertz CT molecular complexity index is 367. The molecular formula is C14H22BrNO2. The minimum absolute atomic E-state index is 0.170. The fourth-order valence-electron chi connectivity index (χ4n) is 1.60. The van der Waals surface area contributed by atoms with E-state index in [4.69, 9.17) is 15.2 Å². The molecule has 1 aromatic carbocycles. The minimum atomic E-state index is 0.170. The molecule has 0 bridgehead atoms. The zero-order chi connectivity index (χ0) is 13.5. The Hall–Kier alpha value is -0.580. The molecule has 1 atom stereocenters. The zero-order valence-corrected chi connectivity index (χ0v) is 12.9. The molecule has 102 valence electrons. The molecule has 0 saturated carbocycles. The second-order valence-electron chi connectivity index (χ2n) is 4.71. The third-order valence-corrected chi connectivity index (χ3v) is 2.97. The molecule has 0 fully saturated rings. The van der Waals surface area contributed by atoms with E-state index in [1.807, 2.05) is 32.9 Å². The summed E-state index contributed by atoms with van der Waals surface area (Å²) in [5, 5.41) is 0. The van der Waals surface area contributed by atoms with Gasteiger partial charge in [-0.05, 0) is 60.8 Å². The van der Waals surface area contributed by atoms with Crippen LogP contribution in [0.15, 0.2) is 22.7 Å². The van der Waals surface area contributed by atoms with Gasteiger partial charge in [0.1, 0.15) is 12.4 Å². The molecule has 0 spiro atoms. The second kappa shape index (κ2) is 7.77. The van der Waals surface area contributed by atoms with Crippen molar-refractivity contribution in [2.24, 2.45) is 5.73 Å². The van der Waals surface area contributed by atoms with Gasteiger partial charge in [-0.3, -0.25) is 0 Å². The lowest BCUT2D eigenvalue weighted by Crippen LogP contribution is -2.17. The van der Waals surface area contributed by atoms with E-state index in [-0.39, 0.29) is 12.1 Å². The van der Waals surface area contributed by atoms with Gasteiger partial charge in [-0.15, -0.1) is 0 Å². The summed E-state index contributed by atoms with van der Waals surface area (Å²) in [4.78, 5) is 0. The molecule has 0 aliphatic heterocycles. The Labute approximate surface area is 118 Å². The SMILES string of the molecule is CC(N)Cc1ccc(OCCOC(C)C)c(Br)c1. The highest BCUT2D eigenvalue weighted by molar-refractivity contribution is 9.10. The highest BCUT2D eigenvalue weighted by Gasteiger charge is 2.04. The molecule has 0 saturated heterocycles. The van der Waals surface area contributed by atoms with Crippen LogP contribution in [0.2, 0.25) is 0 Å². The second-order valence-corrected chi connectivity index (χ2v) is 5.57. The van der Waals surface area contributed by atoms with Gasteiger partial charge in [0.05, 0.1) is 17.2 Å². The molecule has 2 N–H and O–H groups in total. The number of halogens is 1. The molecule has 0 amide bonds. The summed E-state index contributed by atoms with van der Waals surface area (Å²) in [6.07, 6.45) is 1.11. The first-order chi connectivity index (χ1) is 8.49. The number of hydrogen-bond donors (Lipinski definition) is 1.